The van der Waals surface area contributed by atoms with Crippen LogP contribution in [-0.4, -0.2) is 32.7 Å². The molecule has 0 unspecified atom stereocenters. The smallest absolute Gasteiger partial charge is 0.375 e. The molecule has 0 bridgehead atoms. The van der Waals surface area contributed by atoms with E-state index < -0.39 is 41.4 Å². The highest BCUT2D eigenvalue weighted by Crippen LogP contribution is 2.58. The van der Waals surface area contributed by atoms with E-state index >= 15 is 0 Å². The summed E-state index contributed by atoms with van der Waals surface area (Å²) in [7, 11) is 0. The molecule has 1 aliphatic rings. The topological polar surface area (TPSA) is 98.0 Å². The van der Waals surface area contributed by atoms with E-state index in [0.717, 1.165) is 13.0 Å². The highest BCUT2D eigenvalue weighted by molar-refractivity contribution is 6.59. The molecule has 0 aromatic heterocycles. The van der Waals surface area contributed by atoms with Crippen LogP contribution in [0.25, 0.3) is 0 Å². The van der Waals surface area contributed by atoms with Crippen molar-refractivity contribution in [2.45, 2.75) is 25.1 Å². The number of Topliss-reactive ketones (excluding diaryl/α,β-unsaturated/α-hetero) is 1. The standard InChI is InChI=1S/C11H13BFO5/c1-5(14)10-9(13)3-2-6(11(10)15)7-4-8(7)12(16,17)18/h2-3,7-8,15-18H,4H2,1H3/q-1/t7-,8-/m1/s1. The normalized spacial score (nSPS) is 22.9. The van der Waals surface area contributed by atoms with E-state index in [-0.39, 0.29) is 12.0 Å². The average molecular weight is 255 g/mol. The second kappa shape index (κ2) is 4.05. The number of hydrogen-bond acceptors (Lipinski definition) is 5. The molecule has 1 fully saturated rings. The Kier molecular flexibility index (Phi) is 2.92. The van der Waals surface area contributed by atoms with Gasteiger partial charge in [0.2, 0.25) is 0 Å². The molecule has 0 saturated heterocycles. The van der Waals surface area contributed by atoms with Gasteiger partial charge >= 0.3 is 6.75 Å². The SMILES string of the molecule is CC(=O)c1c(F)ccc([C@H]2C[C@H]2[B-](O)(O)O)c1O. The summed E-state index contributed by atoms with van der Waals surface area (Å²) < 4.78 is 13.4. The second-order valence-corrected chi connectivity index (χ2v) is 4.72. The first-order chi connectivity index (χ1) is 8.23. The molecule has 1 saturated carbocycles. The van der Waals surface area contributed by atoms with Crippen LogP contribution in [0.4, 0.5) is 4.39 Å². The molecule has 4 N–H and O–H groups in total. The van der Waals surface area contributed by atoms with Gasteiger partial charge in [0.15, 0.2) is 5.78 Å². The van der Waals surface area contributed by atoms with E-state index in [4.69, 9.17) is 15.1 Å². The Hall–Kier alpha value is -1.44. The Labute approximate surface area is 103 Å². The number of rotatable bonds is 3. The fourth-order valence-corrected chi connectivity index (χ4v) is 2.28. The quantitative estimate of drug-likeness (QED) is 0.466. The Morgan fingerprint density at radius 1 is 1.39 bits per heavy atom. The lowest BCUT2D eigenvalue weighted by molar-refractivity contribution is 0.101. The van der Waals surface area contributed by atoms with Crippen LogP contribution in [0.15, 0.2) is 12.1 Å². The van der Waals surface area contributed by atoms with Gasteiger partial charge in [-0.3, -0.25) is 4.79 Å². The minimum absolute atomic E-state index is 0.245. The summed E-state index contributed by atoms with van der Waals surface area (Å²) >= 11 is 0. The fourth-order valence-electron chi connectivity index (χ4n) is 2.28. The highest BCUT2D eigenvalue weighted by Gasteiger charge is 2.48. The maximum atomic E-state index is 13.4. The summed E-state index contributed by atoms with van der Waals surface area (Å²) in [6.45, 7) is -2.34. The van der Waals surface area contributed by atoms with Crippen LogP contribution in [0.5, 0.6) is 5.75 Å². The highest BCUT2D eigenvalue weighted by atomic mass is 19.1. The van der Waals surface area contributed by atoms with Crippen LogP contribution in [0, 0.1) is 5.82 Å². The first kappa shape index (κ1) is 13.0. The lowest BCUT2D eigenvalue weighted by Gasteiger charge is -2.20. The number of carbonyl (C=O) groups excluding carboxylic acids is 1. The maximum Gasteiger partial charge on any atom is 0.375 e. The van der Waals surface area contributed by atoms with Crippen LogP contribution in [0.1, 0.15) is 35.2 Å². The van der Waals surface area contributed by atoms with Crippen molar-refractivity contribution < 1.29 is 29.4 Å². The van der Waals surface area contributed by atoms with Crippen molar-refractivity contribution >= 4 is 12.5 Å². The predicted octanol–water partition coefficient (Wildman–Crippen LogP) is 0.507. The first-order valence-corrected chi connectivity index (χ1v) is 5.57. The van der Waals surface area contributed by atoms with Crippen molar-refractivity contribution in [3.05, 3.63) is 29.1 Å². The lowest BCUT2D eigenvalue weighted by atomic mass is 9.71. The number of benzene rings is 1. The zero-order valence-electron chi connectivity index (χ0n) is 9.67. The summed E-state index contributed by atoms with van der Waals surface area (Å²) in [6.07, 6.45) is 0.264. The van der Waals surface area contributed by atoms with Crippen LogP contribution in [0.2, 0.25) is 5.82 Å². The van der Waals surface area contributed by atoms with Crippen molar-refractivity contribution in [3.63, 3.8) is 0 Å². The van der Waals surface area contributed by atoms with E-state index in [9.17, 15) is 14.3 Å². The number of phenols is 1. The Morgan fingerprint density at radius 3 is 2.44 bits per heavy atom. The minimum Gasteiger partial charge on any atom is -0.559 e. The largest absolute Gasteiger partial charge is 0.559 e. The minimum atomic E-state index is -3.47. The molecule has 2 atom stereocenters. The Morgan fingerprint density at radius 2 is 2.00 bits per heavy atom. The van der Waals surface area contributed by atoms with Gasteiger partial charge < -0.3 is 20.2 Å². The summed E-state index contributed by atoms with van der Waals surface area (Å²) in [4.78, 5) is 11.2. The summed E-state index contributed by atoms with van der Waals surface area (Å²) in [5.74, 6) is -3.20. The van der Waals surface area contributed by atoms with Gasteiger partial charge in [-0.25, -0.2) is 4.39 Å². The Balaban J connectivity index is 2.38. The molecule has 0 amide bonds. The van der Waals surface area contributed by atoms with Crippen LogP contribution >= 0.6 is 0 Å². The molecule has 1 aliphatic carbocycles. The predicted molar refractivity (Wildman–Crippen MR) is 61.6 cm³/mol. The summed E-state index contributed by atoms with van der Waals surface area (Å²) in [5.41, 5.74) is -0.167. The number of hydrogen-bond donors (Lipinski definition) is 4. The molecule has 18 heavy (non-hydrogen) atoms. The van der Waals surface area contributed by atoms with Crippen LogP contribution in [-0.2, 0) is 0 Å². The first-order valence-electron chi connectivity index (χ1n) is 5.57. The van der Waals surface area contributed by atoms with E-state index in [0.29, 0.717) is 0 Å². The van der Waals surface area contributed by atoms with E-state index in [1.54, 1.807) is 0 Å². The van der Waals surface area contributed by atoms with Gasteiger partial charge in [0.1, 0.15) is 11.6 Å². The van der Waals surface area contributed by atoms with E-state index in [1.807, 2.05) is 0 Å². The van der Waals surface area contributed by atoms with Gasteiger partial charge in [-0.2, -0.15) is 0 Å². The fraction of sp³-hybridized carbons (Fsp3) is 0.364. The van der Waals surface area contributed by atoms with E-state index in [1.165, 1.54) is 6.07 Å². The molecule has 0 aliphatic heterocycles. The molecule has 7 heteroatoms. The third-order valence-corrected chi connectivity index (χ3v) is 3.32. The third-order valence-electron chi connectivity index (χ3n) is 3.32. The van der Waals surface area contributed by atoms with Crippen molar-refractivity contribution in [2.24, 2.45) is 0 Å². The van der Waals surface area contributed by atoms with Gasteiger partial charge in [0.25, 0.3) is 0 Å². The van der Waals surface area contributed by atoms with Crippen molar-refractivity contribution in [1.29, 1.82) is 0 Å². The zero-order chi connectivity index (χ0) is 13.7. The number of phenolic OH excluding ortho intramolecular Hbond substituents is 1. The number of halogens is 1. The summed E-state index contributed by atoms with van der Waals surface area (Å²) in [5, 5.41) is 37.0. The Bertz CT molecular complexity index is 511. The molecule has 98 valence electrons. The lowest BCUT2D eigenvalue weighted by Crippen LogP contribution is -2.35. The number of carbonyl (C=O) groups is 1. The average Bonchev–Trinajstić information content (AvgIpc) is 2.96. The third kappa shape index (κ3) is 2.12. The zero-order valence-corrected chi connectivity index (χ0v) is 9.67. The molecule has 0 spiro atoms. The van der Waals surface area contributed by atoms with Gasteiger partial charge in [-0.05, 0) is 24.5 Å². The molecule has 2 rings (SSSR count). The molecular formula is C11H13BFO5-. The number of aromatic hydroxyl groups is 1. The molecule has 0 radical (unpaired) electrons. The monoisotopic (exact) mass is 255 g/mol. The van der Waals surface area contributed by atoms with Gasteiger partial charge in [0, 0.05) is 0 Å². The second-order valence-electron chi connectivity index (χ2n) is 4.72. The van der Waals surface area contributed by atoms with Crippen LogP contribution in [0.3, 0.4) is 0 Å². The van der Waals surface area contributed by atoms with Crippen molar-refractivity contribution in [3.8, 4) is 5.75 Å². The number of ketones is 1. The van der Waals surface area contributed by atoms with Crippen molar-refractivity contribution in [2.75, 3.05) is 0 Å². The van der Waals surface area contributed by atoms with E-state index in [2.05, 4.69) is 0 Å². The molecule has 1 aromatic rings. The molecular weight excluding hydrogens is 242 g/mol. The van der Waals surface area contributed by atoms with Crippen molar-refractivity contribution in [1.82, 2.24) is 0 Å². The van der Waals surface area contributed by atoms with Gasteiger partial charge in [-0.15, -0.1) is 0 Å². The van der Waals surface area contributed by atoms with Crippen LogP contribution < -0.4 is 0 Å². The van der Waals surface area contributed by atoms with Gasteiger partial charge in [-0.1, -0.05) is 18.3 Å². The summed E-state index contributed by atoms with van der Waals surface area (Å²) in [6, 6.07) is 2.32. The molecule has 5 nitrogen and oxygen atoms in total. The molecule has 1 aromatic carbocycles. The molecule has 0 heterocycles. The van der Waals surface area contributed by atoms with Gasteiger partial charge in [0.05, 0.1) is 5.56 Å². The maximum absolute atomic E-state index is 13.4.